The fourth-order valence-electron chi connectivity index (χ4n) is 4.47. The van der Waals surface area contributed by atoms with Crippen LogP contribution in [0.5, 0.6) is 0 Å². The number of ketones is 1. The van der Waals surface area contributed by atoms with Crippen LogP contribution in [0.1, 0.15) is 25.8 Å². The van der Waals surface area contributed by atoms with E-state index in [1.807, 2.05) is 42.5 Å². The number of aromatic nitrogens is 2. The van der Waals surface area contributed by atoms with Gasteiger partial charge >= 0.3 is 0 Å². The topological polar surface area (TPSA) is 79.4 Å². The van der Waals surface area contributed by atoms with E-state index in [0.717, 1.165) is 60.2 Å². The standard InChI is InChI=1S/C27H30N4O3/c1-27(2,33)24-16-20(17-28-24)15-22(32)14-19-6-8-21(9-7-19)23-18-31-25(29-23)4-3-5-26(31)30-10-12-34-13-11-30/h3-9,16,18,33H,10-15,17H2,1-2H3. The summed E-state index contributed by atoms with van der Waals surface area (Å²) < 4.78 is 7.63. The molecule has 7 nitrogen and oxygen atoms in total. The zero-order valence-electron chi connectivity index (χ0n) is 19.7. The van der Waals surface area contributed by atoms with Crippen LogP contribution in [0.15, 0.2) is 65.3 Å². The molecule has 0 spiro atoms. The number of pyridine rings is 1. The van der Waals surface area contributed by atoms with Crippen molar-refractivity contribution in [1.29, 1.82) is 0 Å². The minimum absolute atomic E-state index is 0.147. The Hall–Kier alpha value is -3.29. The highest BCUT2D eigenvalue weighted by Crippen LogP contribution is 2.25. The van der Waals surface area contributed by atoms with E-state index in [-0.39, 0.29) is 5.78 Å². The molecule has 3 aromatic rings. The number of aliphatic hydroxyl groups is 1. The molecule has 0 radical (unpaired) electrons. The van der Waals surface area contributed by atoms with E-state index in [4.69, 9.17) is 9.72 Å². The maximum atomic E-state index is 12.6. The molecule has 2 aliphatic heterocycles. The molecule has 1 N–H and O–H groups in total. The number of rotatable bonds is 7. The molecule has 0 saturated carbocycles. The number of carbonyl (C=O) groups is 1. The third-order valence-electron chi connectivity index (χ3n) is 6.30. The molecule has 2 aliphatic rings. The number of ether oxygens (including phenoxy) is 1. The summed E-state index contributed by atoms with van der Waals surface area (Å²) in [4.78, 5) is 24.1. The molecule has 0 amide bonds. The van der Waals surface area contributed by atoms with Crippen LogP contribution in [-0.4, -0.2) is 64.4 Å². The molecule has 0 atom stereocenters. The van der Waals surface area contributed by atoms with Gasteiger partial charge in [-0.2, -0.15) is 0 Å². The van der Waals surface area contributed by atoms with Crippen LogP contribution in [-0.2, 0) is 16.0 Å². The van der Waals surface area contributed by atoms with E-state index in [9.17, 15) is 9.90 Å². The molecule has 1 fully saturated rings. The first-order chi connectivity index (χ1) is 16.4. The van der Waals surface area contributed by atoms with E-state index in [1.54, 1.807) is 13.8 Å². The third-order valence-corrected chi connectivity index (χ3v) is 6.30. The lowest BCUT2D eigenvalue weighted by atomic mass is 9.99. The quantitative estimate of drug-likeness (QED) is 0.586. The Balaban J connectivity index is 1.27. The smallest absolute Gasteiger partial charge is 0.141 e. The summed E-state index contributed by atoms with van der Waals surface area (Å²) in [6, 6.07) is 14.2. The largest absolute Gasteiger partial charge is 0.384 e. The minimum Gasteiger partial charge on any atom is -0.384 e. The molecule has 7 heteroatoms. The highest BCUT2D eigenvalue weighted by molar-refractivity contribution is 6.04. The van der Waals surface area contributed by atoms with Gasteiger partial charge in [0.2, 0.25) is 0 Å². The number of anilines is 1. The first-order valence-corrected chi connectivity index (χ1v) is 11.8. The number of aliphatic imine (C=N–C) groups is 1. The van der Waals surface area contributed by atoms with Crippen molar-refractivity contribution in [3.05, 3.63) is 65.9 Å². The highest BCUT2D eigenvalue weighted by Gasteiger charge is 2.24. The molecule has 0 bridgehead atoms. The van der Waals surface area contributed by atoms with Gasteiger partial charge in [-0.25, -0.2) is 4.98 Å². The van der Waals surface area contributed by atoms with Crippen LogP contribution in [0, 0.1) is 0 Å². The normalized spacial score (nSPS) is 16.6. The maximum absolute atomic E-state index is 12.6. The van der Waals surface area contributed by atoms with E-state index < -0.39 is 5.60 Å². The lowest BCUT2D eigenvalue weighted by Crippen LogP contribution is -2.37. The number of fused-ring (bicyclic) bond motifs is 1. The summed E-state index contributed by atoms with van der Waals surface area (Å²) in [6.07, 6.45) is 4.67. The number of hydrogen-bond donors (Lipinski definition) is 1. The van der Waals surface area contributed by atoms with E-state index >= 15 is 0 Å². The van der Waals surface area contributed by atoms with Crippen LogP contribution >= 0.6 is 0 Å². The van der Waals surface area contributed by atoms with Gasteiger partial charge < -0.3 is 14.7 Å². The predicted octanol–water partition coefficient (Wildman–Crippen LogP) is 3.49. The van der Waals surface area contributed by atoms with Crippen LogP contribution < -0.4 is 4.90 Å². The number of hydrogen-bond acceptors (Lipinski definition) is 6. The number of Topliss-reactive ketones (excluding diaryl/α,β-unsaturated/α-hetero) is 1. The first kappa shape index (κ1) is 22.5. The summed E-state index contributed by atoms with van der Waals surface area (Å²) in [7, 11) is 0. The second-order valence-electron chi connectivity index (χ2n) is 9.49. The lowest BCUT2D eigenvalue weighted by molar-refractivity contribution is -0.117. The average Bonchev–Trinajstić information content (AvgIpc) is 3.47. The van der Waals surface area contributed by atoms with Gasteiger partial charge in [-0.15, -0.1) is 0 Å². The maximum Gasteiger partial charge on any atom is 0.141 e. The predicted molar refractivity (Wildman–Crippen MR) is 134 cm³/mol. The fourth-order valence-corrected chi connectivity index (χ4v) is 4.47. The van der Waals surface area contributed by atoms with Gasteiger partial charge in [0.1, 0.15) is 22.8 Å². The molecule has 0 unspecified atom stereocenters. The van der Waals surface area contributed by atoms with Gasteiger partial charge in [0.05, 0.1) is 31.2 Å². The van der Waals surface area contributed by atoms with E-state index in [1.165, 1.54) is 0 Å². The van der Waals surface area contributed by atoms with Gasteiger partial charge in [-0.1, -0.05) is 30.3 Å². The number of imidazole rings is 1. The SMILES string of the molecule is CC(C)(O)C1=NCC(CC(=O)Cc2ccc(-c3cn4c(N5CCOCC5)cccc4n3)cc2)=C1. The van der Waals surface area contributed by atoms with Crippen molar-refractivity contribution >= 4 is 23.0 Å². The molecule has 0 aliphatic carbocycles. The van der Waals surface area contributed by atoms with E-state index in [2.05, 4.69) is 26.6 Å². The molecule has 1 saturated heterocycles. The fraction of sp³-hybridized carbons (Fsp3) is 0.370. The van der Waals surface area contributed by atoms with Crippen LogP contribution in [0.3, 0.4) is 0 Å². The van der Waals surface area contributed by atoms with Crippen LogP contribution in [0.4, 0.5) is 5.82 Å². The van der Waals surface area contributed by atoms with Gasteiger partial charge in [0.15, 0.2) is 0 Å². The molecule has 4 heterocycles. The summed E-state index contributed by atoms with van der Waals surface area (Å²) in [6.45, 7) is 7.13. The van der Waals surface area contributed by atoms with Crippen molar-refractivity contribution < 1.29 is 14.6 Å². The first-order valence-electron chi connectivity index (χ1n) is 11.8. The number of nitrogens with zero attached hydrogens (tertiary/aromatic N) is 4. The Morgan fingerprint density at radius 2 is 1.85 bits per heavy atom. The third kappa shape index (κ3) is 4.81. The van der Waals surface area contributed by atoms with E-state index in [0.29, 0.717) is 25.1 Å². The Morgan fingerprint density at radius 1 is 1.09 bits per heavy atom. The molecule has 34 heavy (non-hydrogen) atoms. The summed E-state index contributed by atoms with van der Waals surface area (Å²) in [5, 5.41) is 10.1. The van der Waals surface area contributed by atoms with Crippen molar-refractivity contribution in [3.63, 3.8) is 0 Å². The van der Waals surface area contributed by atoms with Gasteiger partial charge in [0.25, 0.3) is 0 Å². The number of carbonyl (C=O) groups excluding carboxylic acids is 1. The van der Waals surface area contributed by atoms with Crippen molar-refractivity contribution in [2.24, 2.45) is 4.99 Å². The summed E-state index contributed by atoms with van der Waals surface area (Å²) in [5.41, 5.74) is 4.45. The number of morpholine rings is 1. The van der Waals surface area contributed by atoms with Crippen LogP contribution in [0.2, 0.25) is 0 Å². The molecule has 176 valence electrons. The van der Waals surface area contributed by atoms with Gasteiger partial charge in [0, 0.05) is 37.7 Å². The zero-order valence-corrected chi connectivity index (χ0v) is 19.7. The lowest BCUT2D eigenvalue weighted by Gasteiger charge is -2.29. The summed E-state index contributed by atoms with van der Waals surface area (Å²) >= 11 is 0. The van der Waals surface area contributed by atoms with Gasteiger partial charge in [-0.3, -0.25) is 14.2 Å². The highest BCUT2D eigenvalue weighted by atomic mass is 16.5. The minimum atomic E-state index is -0.971. The van der Waals surface area contributed by atoms with Crippen molar-refractivity contribution in [3.8, 4) is 11.3 Å². The second kappa shape index (κ2) is 9.16. The van der Waals surface area contributed by atoms with Crippen LogP contribution in [0.25, 0.3) is 16.9 Å². The average molecular weight is 459 g/mol. The van der Waals surface area contributed by atoms with Crippen molar-refractivity contribution in [1.82, 2.24) is 9.38 Å². The Kier molecular flexibility index (Phi) is 6.06. The zero-order chi connectivity index (χ0) is 23.7. The molecule has 2 aromatic heterocycles. The molecular formula is C27H30N4O3. The molecule has 5 rings (SSSR count). The second-order valence-corrected chi connectivity index (χ2v) is 9.49. The summed E-state index contributed by atoms with van der Waals surface area (Å²) in [5.74, 6) is 1.27. The monoisotopic (exact) mass is 458 g/mol. The molecular weight excluding hydrogens is 428 g/mol. The Labute approximate surface area is 199 Å². The Morgan fingerprint density at radius 3 is 2.56 bits per heavy atom. The van der Waals surface area contributed by atoms with Gasteiger partial charge in [-0.05, 0) is 43.2 Å². The number of benzene rings is 1. The Bertz CT molecular complexity index is 1260. The van der Waals surface area contributed by atoms with Crippen molar-refractivity contribution in [2.45, 2.75) is 32.3 Å². The molecule has 1 aromatic carbocycles. The van der Waals surface area contributed by atoms with Crippen molar-refractivity contribution in [2.75, 3.05) is 37.7 Å².